The fraction of sp³-hybridized carbons (Fsp3) is 0.632. The Hall–Kier alpha value is -1.55. The molecule has 1 aromatic carbocycles. The summed E-state index contributed by atoms with van der Waals surface area (Å²) in [7, 11) is 0. The normalized spacial score (nSPS) is 14.2. The molecule has 130 valence electrons. The third-order valence-corrected chi connectivity index (χ3v) is 3.63. The van der Waals surface area contributed by atoms with E-state index in [1.165, 1.54) is 16.7 Å². The number of alkyl carbamates (subject to hydrolysis) is 1. The Balaban J connectivity index is 2.55. The number of amides is 1. The van der Waals surface area contributed by atoms with Crippen LogP contribution in [0.15, 0.2) is 18.2 Å². The summed E-state index contributed by atoms with van der Waals surface area (Å²) in [5, 5.41) is 6.43. The van der Waals surface area contributed by atoms with Crippen LogP contribution in [0, 0.1) is 13.8 Å². The van der Waals surface area contributed by atoms with Crippen LogP contribution in [0.3, 0.4) is 0 Å². The lowest BCUT2D eigenvalue weighted by molar-refractivity contribution is 0.0502. The molecule has 1 rings (SSSR count). The first-order chi connectivity index (χ1) is 10.6. The molecule has 0 fully saturated rings. The van der Waals surface area contributed by atoms with Gasteiger partial charge in [0, 0.05) is 18.6 Å². The minimum atomic E-state index is -0.470. The van der Waals surface area contributed by atoms with Gasteiger partial charge in [0.2, 0.25) is 0 Å². The molecule has 0 saturated carbocycles. The molecule has 4 nitrogen and oxygen atoms in total. The quantitative estimate of drug-likeness (QED) is 0.823. The third kappa shape index (κ3) is 7.51. The Labute approximate surface area is 141 Å². The number of ether oxygens (including phenoxy) is 1. The largest absolute Gasteiger partial charge is 0.444 e. The summed E-state index contributed by atoms with van der Waals surface area (Å²) in [6.45, 7) is 14.8. The smallest absolute Gasteiger partial charge is 0.407 e. The molecule has 0 heterocycles. The van der Waals surface area contributed by atoms with Crippen molar-refractivity contribution in [1.29, 1.82) is 0 Å². The Bertz CT molecular complexity index is 500. The highest BCUT2D eigenvalue weighted by atomic mass is 16.6. The van der Waals surface area contributed by atoms with E-state index in [-0.39, 0.29) is 18.2 Å². The van der Waals surface area contributed by atoms with Crippen LogP contribution in [0.4, 0.5) is 4.79 Å². The molecule has 0 aliphatic rings. The van der Waals surface area contributed by atoms with Gasteiger partial charge >= 0.3 is 6.09 Å². The van der Waals surface area contributed by atoms with Gasteiger partial charge in [-0.1, -0.05) is 36.2 Å². The number of carbonyl (C=O) groups is 1. The van der Waals surface area contributed by atoms with E-state index in [2.05, 4.69) is 56.5 Å². The number of hydrogen-bond donors (Lipinski definition) is 2. The van der Waals surface area contributed by atoms with E-state index in [9.17, 15) is 4.79 Å². The molecule has 1 aromatic rings. The van der Waals surface area contributed by atoms with Gasteiger partial charge in [0.05, 0.1) is 0 Å². The highest BCUT2D eigenvalue weighted by Crippen LogP contribution is 2.16. The summed E-state index contributed by atoms with van der Waals surface area (Å²) in [6, 6.07) is 6.87. The average Bonchev–Trinajstić information content (AvgIpc) is 2.39. The van der Waals surface area contributed by atoms with E-state index in [0.29, 0.717) is 6.54 Å². The fourth-order valence-corrected chi connectivity index (χ4v) is 2.47. The molecular formula is C19H32N2O2. The molecule has 0 radical (unpaired) electrons. The maximum atomic E-state index is 11.9. The first kappa shape index (κ1) is 19.5. The molecule has 0 aliphatic heterocycles. The van der Waals surface area contributed by atoms with E-state index in [0.717, 1.165) is 6.42 Å². The van der Waals surface area contributed by atoms with E-state index < -0.39 is 5.60 Å². The van der Waals surface area contributed by atoms with Crippen LogP contribution in [0.2, 0.25) is 0 Å². The molecule has 4 heteroatoms. The molecule has 0 bridgehead atoms. The predicted molar refractivity (Wildman–Crippen MR) is 95.8 cm³/mol. The Morgan fingerprint density at radius 2 is 1.74 bits per heavy atom. The highest BCUT2D eigenvalue weighted by Gasteiger charge is 2.19. The summed E-state index contributed by atoms with van der Waals surface area (Å²) in [5.41, 5.74) is 3.34. The van der Waals surface area contributed by atoms with Crippen molar-refractivity contribution in [3.05, 3.63) is 34.9 Å². The fourth-order valence-electron chi connectivity index (χ4n) is 2.47. The van der Waals surface area contributed by atoms with Crippen LogP contribution >= 0.6 is 0 Å². The highest BCUT2D eigenvalue weighted by molar-refractivity contribution is 5.68. The number of aryl methyl sites for hydroxylation is 2. The summed E-state index contributed by atoms with van der Waals surface area (Å²) in [4.78, 5) is 11.9. The maximum absolute atomic E-state index is 11.9. The number of carbonyl (C=O) groups excluding carboxylic acids is 1. The first-order valence-electron chi connectivity index (χ1n) is 8.41. The van der Waals surface area contributed by atoms with Crippen LogP contribution in [0.25, 0.3) is 0 Å². The molecule has 2 atom stereocenters. The minimum Gasteiger partial charge on any atom is -0.444 e. The number of hydrogen-bond acceptors (Lipinski definition) is 3. The van der Waals surface area contributed by atoms with Gasteiger partial charge < -0.3 is 15.4 Å². The van der Waals surface area contributed by atoms with Crippen LogP contribution in [0.1, 0.15) is 63.8 Å². The summed E-state index contributed by atoms with van der Waals surface area (Å²) >= 11 is 0. The van der Waals surface area contributed by atoms with Crippen LogP contribution in [-0.4, -0.2) is 24.3 Å². The first-order valence-corrected chi connectivity index (χ1v) is 8.41. The second kappa shape index (κ2) is 8.34. The molecule has 0 aromatic heterocycles. The molecule has 0 aliphatic carbocycles. The minimum absolute atomic E-state index is 0.0539. The molecule has 2 unspecified atom stereocenters. The average molecular weight is 320 g/mol. The van der Waals surface area contributed by atoms with Crippen molar-refractivity contribution in [3.8, 4) is 0 Å². The molecule has 2 N–H and O–H groups in total. The van der Waals surface area contributed by atoms with Crippen molar-refractivity contribution in [2.75, 3.05) is 6.54 Å². The van der Waals surface area contributed by atoms with Crippen LogP contribution in [-0.2, 0) is 4.74 Å². The van der Waals surface area contributed by atoms with Gasteiger partial charge in [-0.05, 0) is 53.5 Å². The topological polar surface area (TPSA) is 50.4 Å². The third-order valence-electron chi connectivity index (χ3n) is 3.63. The van der Waals surface area contributed by atoms with Gasteiger partial charge in [0.25, 0.3) is 0 Å². The summed E-state index contributed by atoms with van der Waals surface area (Å²) in [5.74, 6) is 0. The SMILES string of the molecule is CCC(CNC(C)c1cc(C)cc(C)c1)NC(=O)OC(C)(C)C. The van der Waals surface area contributed by atoms with Crippen molar-refractivity contribution in [2.24, 2.45) is 0 Å². The molecule has 0 spiro atoms. The Morgan fingerprint density at radius 3 is 2.22 bits per heavy atom. The molecule has 23 heavy (non-hydrogen) atoms. The van der Waals surface area contributed by atoms with Crippen molar-refractivity contribution < 1.29 is 9.53 Å². The van der Waals surface area contributed by atoms with Crippen molar-refractivity contribution in [1.82, 2.24) is 10.6 Å². The molecule has 1 amide bonds. The van der Waals surface area contributed by atoms with E-state index in [4.69, 9.17) is 4.74 Å². The van der Waals surface area contributed by atoms with Gasteiger partial charge in [-0.2, -0.15) is 0 Å². The zero-order valence-electron chi connectivity index (χ0n) is 15.6. The standard InChI is InChI=1S/C19H32N2O2/c1-8-17(21-18(22)23-19(5,6)7)12-20-15(4)16-10-13(2)9-14(3)11-16/h9-11,15,17,20H,8,12H2,1-7H3,(H,21,22). The lowest BCUT2D eigenvalue weighted by Crippen LogP contribution is -2.44. The predicted octanol–water partition coefficient (Wildman–Crippen LogP) is 4.26. The van der Waals surface area contributed by atoms with E-state index in [1.807, 2.05) is 20.8 Å². The monoisotopic (exact) mass is 320 g/mol. The number of nitrogens with one attached hydrogen (secondary N) is 2. The van der Waals surface area contributed by atoms with Crippen LogP contribution < -0.4 is 10.6 Å². The van der Waals surface area contributed by atoms with Gasteiger partial charge in [-0.3, -0.25) is 0 Å². The lowest BCUT2D eigenvalue weighted by Gasteiger charge is -2.24. The van der Waals surface area contributed by atoms with Crippen molar-refractivity contribution in [2.45, 2.75) is 72.6 Å². The zero-order valence-corrected chi connectivity index (χ0v) is 15.6. The van der Waals surface area contributed by atoms with E-state index in [1.54, 1.807) is 0 Å². The van der Waals surface area contributed by atoms with Gasteiger partial charge in [0.1, 0.15) is 5.60 Å². The lowest BCUT2D eigenvalue weighted by atomic mass is 10.0. The summed E-state index contributed by atoms with van der Waals surface area (Å²) < 4.78 is 5.32. The Morgan fingerprint density at radius 1 is 1.17 bits per heavy atom. The summed E-state index contributed by atoms with van der Waals surface area (Å²) in [6.07, 6.45) is 0.497. The van der Waals surface area contributed by atoms with Crippen LogP contribution in [0.5, 0.6) is 0 Å². The second-order valence-corrected chi connectivity index (χ2v) is 7.30. The molecule has 0 saturated heterocycles. The van der Waals surface area contributed by atoms with Crippen molar-refractivity contribution in [3.63, 3.8) is 0 Å². The second-order valence-electron chi connectivity index (χ2n) is 7.30. The van der Waals surface area contributed by atoms with Gasteiger partial charge in [-0.15, -0.1) is 0 Å². The van der Waals surface area contributed by atoms with Gasteiger partial charge in [-0.25, -0.2) is 4.79 Å². The van der Waals surface area contributed by atoms with Crippen molar-refractivity contribution >= 4 is 6.09 Å². The maximum Gasteiger partial charge on any atom is 0.407 e. The Kier molecular flexibility index (Phi) is 7.07. The number of benzene rings is 1. The van der Waals surface area contributed by atoms with Gasteiger partial charge in [0.15, 0.2) is 0 Å². The molecular weight excluding hydrogens is 288 g/mol. The van der Waals surface area contributed by atoms with E-state index >= 15 is 0 Å². The number of rotatable bonds is 6. The zero-order chi connectivity index (χ0) is 17.6.